The van der Waals surface area contributed by atoms with Gasteiger partial charge in [-0.2, -0.15) is 0 Å². The number of hydrogen-bond acceptors (Lipinski definition) is 3. The summed E-state index contributed by atoms with van der Waals surface area (Å²) < 4.78 is 0. The van der Waals surface area contributed by atoms with Gasteiger partial charge in [-0.25, -0.2) is 0 Å². The second kappa shape index (κ2) is 9.68. The molecule has 0 aromatic heterocycles. The van der Waals surface area contributed by atoms with Crippen molar-refractivity contribution in [3.63, 3.8) is 0 Å². The van der Waals surface area contributed by atoms with Crippen molar-refractivity contribution >= 4 is 11.8 Å². The van der Waals surface area contributed by atoms with Crippen LogP contribution in [0.2, 0.25) is 0 Å². The minimum absolute atomic E-state index is 0.0806. The fourth-order valence-electron chi connectivity index (χ4n) is 5.94. The van der Waals surface area contributed by atoms with Crippen molar-refractivity contribution in [3.8, 4) is 0 Å². The van der Waals surface area contributed by atoms with E-state index in [9.17, 15) is 9.59 Å². The number of fused-ring (bicyclic) bond motifs is 2. The number of rotatable bonds is 5. The lowest BCUT2D eigenvalue weighted by Crippen LogP contribution is -2.44. The van der Waals surface area contributed by atoms with Crippen LogP contribution in [0.1, 0.15) is 54.4 Å². The highest BCUT2D eigenvalue weighted by molar-refractivity contribution is 5.79. The smallest absolute Gasteiger partial charge is 0.226 e. The Morgan fingerprint density at radius 1 is 1.00 bits per heavy atom. The van der Waals surface area contributed by atoms with E-state index in [0.29, 0.717) is 13.0 Å². The number of aryl methyl sites for hydroxylation is 1. The van der Waals surface area contributed by atoms with Gasteiger partial charge in [-0.3, -0.25) is 9.59 Å². The molecule has 2 amide bonds. The summed E-state index contributed by atoms with van der Waals surface area (Å²) >= 11 is 0. The summed E-state index contributed by atoms with van der Waals surface area (Å²) in [6, 6.07) is 17.0. The van der Waals surface area contributed by atoms with Crippen LogP contribution in [0.3, 0.4) is 0 Å². The molecule has 5 rings (SSSR count). The van der Waals surface area contributed by atoms with Gasteiger partial charge < -0.3 is 15.5 Å². The second-order valence-corrected chi connectivity index (χ2v) is 10.1. The lowest BCUT2D eigenvalue weighted by Gasteiger charge is -2.40. The summed E-state index contributed by atoms with van der Waals surface area (Å²) in [5, 5.41) is 6.35. The number of carbonyl (C=O) groups excluding carboxylic acids is 2. The molecule has 0 radical (unpaired) electrons. The zero-order valence-corrected chi connectivity index (χ0v) is 19.4. The molecule has 2 N–H and O–H groups in total. The Hall–Kier alpha value is -2.66. The van der Waals surface area contributed by atoms with Gasteiger partial charge in [-0.1, -0.05) is 48.5 Å². The van der Waals surface area contributed by atoms with Gasteiger partial charge in [0.05, 0.1) is 12.3 Å². The fraction of sp³-hybridized carbons (Fsp3) is 0.500. The molecular formula is C28H35N3O2. The molecule has 1 aliphatic carbocycles. The molecule has 1 spiro atoms. The van der Waals surface area contributed by atoms with Crippen molar-refractivity contribution < 1.29 is 9.59 Å². The van der Waals surface area contributed by atoms with E-state index in [4.69, 9.17) is 0 Å². The Morgan fingerprint density at radius 2 is 1.76 bits per heavy atom. The quantitative estimate of drug-likeness (QED) is 0.742. The van der Waals surface area contributed by atoms with Crippen molar-refractivity contribution in [1.29, 1.82) is 0 Å². The zero-order chi connectivity index (χ0) is 22.7. The van der Waals surface area contributed by atoms with E-state index >= 15 is 0 Å². The Bertz CT molecular complexity index is 986. The van der Waals surface area contributed by atoms with E-state index in [1.54, 1.807) is 0 Å². The predicted molar refractivity (Wildman–Crippen MR) is 130 cm³/mol. The van der Waals surface area contributed by atoms with E-state index in [1.165, 1.54) is 24.0 Å². The molecule has 3 aliphatic rings. The van der Waals surface area contributed by atoms with Crippen molar-refractivity contribution in [1.82, 2.24) is 15.5 Å². The topological polar surface area (TPSA) is 61.4 Å². The summed E-state index contributed by atoms with van der Waals surface area (Å²) in [5.41, 5.74) is 5.43. The van der Waals surface area contributed by atoms with Crippen LogP contribution >= 0.6 is 0 Å². The first-order valence-corrected chi connectivity index (χ1v) is 12.6. The molecule has 0 bridgehead atoms. The number of carbonyl (C=O) groups is 2. The summed E-state index contributed by atoms with van der Waals surface area (Å²) in [5.74, 6) is 0.438. The van der Waals surface area contributed by atoms with Crippen LogP contribution in [0.25, 0.3) is 0 Å². The van der Waals surface area contributed by atoms with Gasteiger partial charge >= 0.3 is 0 Å². The largest absolute Gasteiger partial charge is 0.352 e. The predicted octanol–water partition coefficient (Wildman–Crippen LogP) is 3.35. The third-order valence-corrected chi connectivity index (χ3v) is 8.05. The van der Waals surface area contributed by atoms with Gasteiger partial charge in [-0.15, -0.1) is 0 Å². The van der Waals surface area contributed by atoms with E-state index < -0.39 is 0 Å². The monoisotopic (exact) mass is 445 g/mol. The summed E-state index contributed by atoms with van der Waals surface area (Å²) in [7, 11) is 0. The number of hydrogen-bond donors (Lipinski definition) is 2. The van der Waals surface area contributed by atoms with Gasteiger partial charge in [-0.05, 0) is 72.7 Å². The van der Waals surface area contributed by atoms with Crippen LogP contribution in [-0.4, -0.2) is 42.9 Å². The van der Waals surface area contributed by atoms with Crippen molar-refractivity contribution in [3.05, 3.63) is 70.8 Å². The Kier molecular flexibility index (Phi) is 6.50. The maximum Gasteiger partial charge on any atom is 0.226 e. The SMILES string of the molecule is O=C(NCc1ccc(CC(=O)N2CCC3(CCc4ccccc43)CC2)cc1)C1CCCNC1. The molecule has 2 fully saturated rings. The van der Waals surface area contributed by atoms with Crippen molar-refractivity contribution in [2.75, 3.05) is 26.2 Å². The minimum atomic E-state index is 0.0806. The van der Waals surface area contributed by atoms with E-state index in [0.717, 1.165) is 63.0 Å². The first kappa shape index (κ1) is 22.1. The van der Waals surface area contributed by atoms with Gasteiger partial charge in [0.15, 0.2) is 0 Å². The van der Waals surface area contributed by atoms with Gasteiger partial charge in [0.1, 0.15) is 0 Å². The van der Waals surface area contributed by atoms with Crippen LogP contribution < -0.4 is 10.6 Å². The number of amides is 2. The average Bonchev–Trinajstić information content (AvgIpc) is 3.22. The minimum Gasteiger partial charge on any atom is -0.352 e. The number of nitrogens with zero attached hydrogens (tertiary/aromatic N) is 1. The molecule has 33 heavy (non-hydrogen) atoms. The van der Waals surface area contributed by atoms with Crippen molar-refractivity contribution in [2.24, 2.45) is 5.92 Å². The molecule has 2 aliphatic heterocycles. The Labute approximate surface area is 196 Å². The molecular weight excluding hydrogens is 410 g/mol. The molecule has 2 aromatic rings. The fourth-order valence-corrected chi connectivity index (χ4v) is 5.94. The second-order valence-electron chi connectivity index (χ2n) is 10.1. The third kappa shape index (κ3) is 4.84. The highest BCUT2D eigenvalue weighted by Crippen LogP contribution is 2.46. The first-order valence-electron chi connectivity index (χ1n) is 12.6. The molecule has 1 atom stereocenters. The summed E-state index contributed by atoms with van der Waals surface area (Å²) in [6.07, 6.45) is 7.02. The number of nitrogens with one attached hydrogen (secondary N) is 2. The molecule has 2 aromatic carbocycles. The highest BCUT2D eigenvalue weighted by atomic mass is 16.2. The lowest BCUT2D eigenvalue weighted by molar-refractivity contribution is -0.132. The molecule has 0 saturated carbocycles. The number of likely N-dealkylation sites (tertiary alicyclic amines) is 1. The Morgan fingerprint density at radius 3 is 2.52 bits per heavy atom. The van der Waals surface area contributed by atoms with Crippen LogP contribution in [0, 0.1) is 5.92 Å². The van der Waals surface area contributed by atoms with E-state index in [-0.39, 0.29) is 23.1 Å². The van der Waals surface area contributed by atoms with Crippen LogP contribution in [0.4, 0.5) is 0 Å². The standard InChI is InChI=1S/C28H35N3O2/c32-26(31-16-13-28(14-17-31)12-11-23-4-1-2-6-25(23)28)18-21-7-9-22(10-8-21)19-30-27(33)24-5-3-15-29-20-24/h1-2,4,6-10,24,29H,3,5,11-20H2,(H,30,33). The first-order chi connectivity index (χ1) is 16.1. The molecule has 174 valence electrons. The van der Waals surface area contributed by atoms with Gasteiger partial charge in [0.2, 0.25) is 11.8 Å². The zero-order valence-electron chi connectivity index (χ0n) is 19.4. The lowest BCUT2D eigenvalue weighted by atomic mass is 9.74. The maximum absolute atomic E-state index is 13.0. The molecule has 2 heterocycles. The third-order valence-electron chi connectivity index (χ3n) is 8.05. The molecule has 5 nitrogen and oxygen atoms in total. The molecule has 1 unspecified atom stereocenters. The maximum atomic E-state index is 13.0. The van der Waals surface area contributed by atoms with Gasteiger partial charge in [0.25, 0.3) is 0 Å². The van der Waals surface area contributed by atoms with Crippen LogP contribution in [0.5, 0.6) is 0 Å². The van der Waals surface area contributed by atoms with E-state index in [1.807, 2.05) is 24.3 Å². The number of piperidine rings is 2. The summed E-state index contributed by atoms with van der Waals surface area (Å²) in [6.45, 7) is 4.03. The van der Waals surface area contributed by atoms with Crippen molar-refractivity contribution in [2.45, 2.75) is 56.9 Å². The Balaban J connectivity index is 1.10. The molecule has 2 saturated heterocycles. The van der Waals surface area contributed by atoms with E-state index in [2.05, 4.69) is 39.8 Å². The average molecular weight is 446 g/mol. The summed E-state index contributed by atoms with van der Waals surface area (Å²) in [4.78, 5) is 27.3. The highest BCUT2D eigenvalue weighted by Gasteiger charge is 2.41. The normalized spacial score (nSPS) is 21.6. The van der Waals surface area contributed by atoms with Crippen LogP contribution in [0.15, 0.2) is 48.5 Å². The number of benzene rings is 2. The van der Waals surface area contributed by atoms with Crippen LogP contribution in [-0.2, 0) is 34.4 Å². The molecule has 5 heteroatoms. The van der Waals surface area contributed by atoms with Gasteiger partial charge in [0, 0.05) is 26.2 Å².